The Morgan fingerprint density at radius 3 is 1.02 bits per heavy atom. The predicted octanol–water partition coefficient (Wildman–Crippen LogP) is 17.6. The van der Waals surface area contributed by atoms with E-state index in [9.17, 15) is 0 Å². The lowest BCUT2D eigenvalue weighted by molar-refractivity contribution is 0.489. The molecule has 0 saturated heterocycles. The van der Waals surface area contributed by atoms with Crippen LogP contribution < -0.4 is 76.5 Å². The Kier molecular flexibility index (Phi) is 14.0. The summed E-state index contributed by atoms with van der Waals surface area (Å²) in [6.07, 6.45) is 6.76. The molecule has 19 rings (SSSR count). The highest BCUT2D eigenvalue weighted by Gasteiger charge is 2.51. The molecule has 6 heterocycles. The number of benzene rings is 13. The van der Waals surface area contributed by atoms with E-state index in [2.05, 4.69) is 321 Å². The molecule has 0 atom stereocenters. The van der Waals surface area contributed by atoms with E-state index in [0.29, 0.717) is 0 Å². The third kappa shape index (κ3) is 8.90. The van der Waals surface area contributed by atoms with Gasteiger partial charge in [-0.25, -0.2) is 0 Å². The van der Waals surface area contributed by atoms with E-state index < -0.39 is 0 Å². The summed E-state index contributed by atoms with van der Waals surface area (Å²) in [4.78, 5) is 2.55. The molecule has 0 unspecified atom stereocenters. The molecule has 0 amide bonds. The van der Waals surface area contributed by atoms with Crippen molar-refractivity contribution < 1.29 is 9.47 Å². The van der Waals surface area contributed by atoms with Crippen molar-refractivity contribution in [3.8, 4) is 78.6 Å². The van der Waals surface area contributed by atoms with Gasteiger partial charge in [0.1, 0.15) is 23.0 Å². The summed E-state index contributed by atoms with van der Waals surface area (Å²) in [5.41, 5.74) is 40.6. The smallest absolute Gasteiger partial charge is 0.256 e. The third-order valence-electron chi connectivity index (χ3n) is 21.8. The quantitative estimate of drug-likeness (QED) is 0.104. The van der Waals surface area contributed by atoms with Gasteiger partial charge in [-0.05, 0) is 265 Å². The summed E-state index contributed by atoms with van der Waals surface area (Å²) in [6.45, 7) is 12.9. The number of anilines is 9. The van der Waals surface area contributed by atoms with Crippen molar-refractivity contribution in [1.82, 2.24) is 0 Å². The molecule has 0 radical (unpaired) electrons. The van der Waals surface area contributed by atoms with Crippen LogP contribution in [0.5, 0.6) is 23.0 Å². The van der Waals surface area contributed by atoms with Crippen molar-refractivity contribution in [3.05, 3.63) is 276 Å². The third-order valence-corrected chi connectivity index (χ3v) is 24.1. The lowest BCUT2D eigenvalue weighted by Crippen LogP contribution is -2.66. The molecule has 474 valence electrons. The highest BCUT2D eigenvalue weighted by Crippen LogP contribution is 2.52. The van der Waals surface area contributed by atoms with Gasteiger partial charge in [0, 0.05) is 64.0 Å². The lowest BCUT2D eigenvalue weighted by Gasteiger charge is -2.46. The van der Waals surface area contributed by atoms with Crippen LogP contribution in [0.1, 0.15) is 33.4 Å². The molecular formula is C87H67B3N4O2S3. The van der Waals surface area contributed by atoms with Crippen LogP contribution in [0.3, 0.4) is 0 Å². The van der Waals surface area contributed by atoms with E-state index in [1.54, 1.807) is 35.8 Å². The first-order valence-corrected chi connectivity index (χ1v) is 37.7. The summed E-state index contributed by atoms with van der Waals surface area (Å²) in [6, 6.07) is 91.3. The number of hydrogen-bond donors (Lipinski definition) is 0. The number of para-hydroxylation sites is 3. The minimum Gasteiger partial charge on any atom is -0.458 e. The fraction of sp³-hybridized carbons (Fsp3) is 0.103. The number of ether oxygens (including phenoxy) is 2. The van der Waals surface area contributed by atoms with Crippen molar-refractivity contribution in [2.24, 2.45) is 0 Å². The molecule has 0 fully saturated rings. The molecule has 13 aromatic carbocycles. The lowest BCUT2D eigenvalue weighted by atomic mass is 9.29. The van der Waals surface area contributed by atoms with Crippen LogP contribution in [0.2, 0.25) is 0 Å². The average Bonchev–Trinajstić information content (AvgIpc) is 0.682. The van der Waals surface area contributed by atoms with Gasteiger partial charge in [0.05, 0.1) is 17.1 Å². The molecule has 6 nitrogen and oxygen atoms in total. The fourth-order valence-electron chi connectivity index (χ4n) is 17.8. The summed E-state index contributed by atoms with van der Waals surface area (Å²) < 4.78 is 22.8. The first kappa shape index (κ1) is 60.1. The second kappa shape index (κ2) is 23.0. The zero-order valence-corrected chi connectivity index (χ0v) is 59.1. The molecule has 6 aliphatic rings. The van der Waals surface area contributed by atoms with Gasteiger partial charge in [-0.1, -0.05) is 182 Å². The molecule has 99 heavy (non-hydrogen) atoms. The second-order valence-corrected chi connectivity index (χ2v) is 29.5. The maximum absolute atomic E-state index is 7.61. The SMILES string of the molecule is CSN1c2cc3c(cc2B2c4cccc(-c5ccccc5)c4Oc4cc(-c5c(C)cccc5C)cc1c42)B1c2cc4c(cc2N(SC)c2cc(-c5c(C)cccc5C)cc(c21)N3SC)N(c1ccccc1)c1cc(-c2c(C)cccc2C)cc2c1B4c1cccc(-c3ccccc3)c1O2. The van der Waals surface area contributed by atoms with E-state index in [0.717, 1.165) is 84.6 Å². The Balaban J connectivity index is 0.916. The van der Waals surface area contributed by atoms with Crippen molar-refractivity contribution in [3.63, 3.8) is 0 Å². The van der Waals surface area contributed by atoms with E-state index in [4.69, 9.17) is 9.47 Å². The molecular weight excluding hydrogens is 1260 g/mol. The van der Waals surface area contributed by atoms with Crippen molar-refractivity contribution >= 4 is 156 Å². The van der Waals surface area contributed by atoms with Gasteiger partial charge in [-0.15, -0.1) is 0 Å². The summed E-state index contributed by atoms with van der Waals surface area (Å²) in [5.74, 6) is 3.58. The summed E-state index contributed by atoms with van der Waals surface area (Å²) in [5, 5.41) is 0. The zero-order valence-electron chi connectivity index (χ0n) is 56.7. The van der Waals surface area contributed by atoms with Crippen molar-refractivity contribution in [2.75, 3.05) is 36.6 Å². The standard InChI is InChI=1S/C87H67B3N4O2S3/c1-50-24-19-25-51(2)80(50)58-41-75-83-76(42-58)93(98-8)73-49-72-67(89-65-39-23-37-63(57-32-15-11-16-33-57)87(65)96-79-45-60(43-77(85(79)89)94(72)99-9)82-54(5)28-21-29-55(82)6)47-69(73)90(83)68-46-66-70(48-71(68)92(75)97-7)91(61-34-17-12-18-35-61)74-40-59(81-52(3)26-20-27-53(81)4)44-78-84(74)88(66)64-38-22-36-62(86(64)95-78)56-30-13-10-14-31-56/h10-49H,1-9H3. The molecule has 12 heteroatoms. The van der Waals surface area contributed by atoms with E-state index >= 15 is 0 Å². The maximum atomic E-state index is 7.61. The number of nitrogens with zero attached hydrogens (tertiary/aromatic N) is 4. The Morgan fingerprint density at radius 1 is 0.273 bits per heavy atom. The van der Waals surface area contributed by atoms with Crippen LogP contribution in [0.25, 0.3) is 55.6 Å². The van der Waals surface area contributed by atoms with Crippen LogP contribution in [-0.2, 0) is 0 Å². The minimum absolute atomic E-state index is 0.164. The van der Waals surface area contributed by atoms with Gasteiger partial charge in [0.2, 0.25) is 0 Å². The Morgan fingerprint density at radius 2 is 0.606 bits per heavy atom. The van der Waals surface area contributed by atoms with E-state index in [1.165, 1.54) is 128 Å². The molecule has 0 aromatic heterocycles. The van der Waals surface area contributed by atoms with Crippen LogP contribution in [-0.4, -0.2) is 38.9 Å². The first-order chi connectivity index (χ1) is 48.5. The predicted molar refractivity (Wildman–Crippen MR) is 430 cm³/mol. The number of rotatable bonds is 9. The van der Waals surface area contributed by atoms with Gasteiger partial charge in [-0.2, -0.15) is 0 Å². The van der Waals surface area contributed by atoms with Crippen molar-refractivity contribution in [2.45, 2.75) is 41.5 Å². The van der Waals surface area contributed by atoms with Gasteiger partial charge in [0.25, 0.3) is 20.1 Å². The molecule has 0 bridgehead atoms. The topological polar surface area (TPSA) is 31.4 Å². The highest BCUT2D eigenvalue weighted by atomic mass is 32.2. The van der Waals surface area contributed by atoms with Crippen LogP contribution in [0.15, 0.2) is 243 Å². The first-order valence-electron chi connectivity index (χ1n) is 34.2. The highest BCUT2D eigenvalue weighted by molar-refractivity contribution is 8.01. The average molecular weight is 1330 g/mol. The molecule has 0 aliphatic carbocycles. The summed E-state index contributed by atoms with van der Waals surface area (Å²) in [7, 11) is 0. The van der Waals surface area contributed by atoms with Crippen LogP contribution in [0, 0.1) is 41.5 Å². The number of fused-ring (bicyclic) bond motifs is 12. The largest absolute Gasteiger partial charge is 0.458 e. The molecule has 0 N–H and O–H groups in total. The zero-order chi connectivity index (χ0) is 66.8. The van der Waals surface area contributed by atoms with Gasteiger partial charge in [-0.3, -0.25) is 12.9 Å². The number of hydrogen-bond acceptors (Lipinski definition) is 9. The van der Waals surface area contributed by atoms with E-state index in [1.807, 2.05) is 0 Å². The molecule has 0 spiro atoms. The van der Waals surface area contributed by atoms with E-state index in [-0.39, 0.29) is 20.1 Å². The Labute approximate surface area is 594 Å². The van der Waals surface area contributed by atoms with Crippen LogP contribution in [0.4, 0.5) is 51.2 Å². The fourth-order valence-corrected chi connectivity index (χ4v) is 19.9. The van der Waals surface area contributed by atoms with Crippen molar-refractivity contribution in [1.29, 1.82) is 0 Å². The van der Waals surface area contributed by atoms with Gasteiger partial charge < -0.3 is 14.4 Å². The second-order valence-electron chi connectivity index (χ2n) is 27.3. The Bertz CT molecular complexity index is 5550. The normalized spacial score (nSPS) is 13.6. The van der Waals surface area contributed by atoms with Gasteiger partial charge >= 0.3 is 0 Å². The molecule has 6 aliphatic heterocycles. The molecule has 0 saturated carbocycles. The minimum atomic E-state index is -0.202. The van der Waals surface area contributed by atoms with Crippen LogP contribution >= 0.6 is 35.8 Å². The maximum Gasteiger partial charge on any atom is 0.256 e. The summed E-state index contributed by atoms with van der Waals surface area (Å²) >= 11 is 5.36. The Hall–Kier alpha value is -10.1. The van der Waals surface area contributed by atoms with Gasteiger partial charge in [0.15, 0.2) is 0 Å². The monoisotopic (exact) mass is 1330 g/mol. The molecule has 13 aromatic rings. The number of aryl methyl sites for hydroxylation is 6.